The lowest BCUT2D eigenvalue weighted by Gasteiger charge is -2.26. The Balaban J connectivity index is 1.52. The Kier molecular flexibility index (Phi) is 6.80. The molecule has 3 rings (SSSR count). The molecule has 1 aliphatic heterocycles. The zero-order valence-corrected chi connectivity index (χ0v) is 16.1. The number of morpholine rings is 1. The maximum Gasteiger partial charge on any atom is 0.271 e. The summed E-state index contributed by atoms with van der Waals surface area (Å²) in [5, 5.41) is 13.5. The minimum absolute atomic E-state index is 0.0149. The van der Waals surface area contributed by atoms with Crippen LogP contribution in [0.3, 0.4) is 0 Å². The number of hydrogen-bond donors (Lipinski definition) is 2. The SMILES string of the molecule is C/C(=N/NC(=O)c1cccc(O)c1)c1ccc(OCC(=O)N2CCOCC2)cc1. The molecule has 0 aliphatic carbocycles. The highest BCUT2D eigenvalue weighted by Crippen LogP contribution is 2.14. The first-order chi connectivity index (χ1) is 14.0. The van der Waals surface area contributed by atoms with Gasteiger partial charge in [-0.15, -0.1) is 0 Å². The molecular formula is C21H23N3O5. The molecule has 0 spiro atoms. The van der Waals surface area contributed by atoms with E-state index in [4.69, 9.17) is 9.47 Å². The highest BCUT2D eigenvalue weighted by Gasteiger charge is 2.17. The molecule has 152 valence electrons. The van der Waals surface area contributed by atoms with E-state index in [1.54, 1.807) is 48.2 Å². The number of nitrogens with zero attached hydrogens (tertiary/aromatic N) is 2. The molecule has 0 radical (unpaired) electrons. The van der Waals surface area contributed by atoms with Gasteiger partial charge in [0.1, 0.15) is 11.5 Å². The van der Waals surface area contributed by atoms with E-state index in [2.05, 4.69) is 10.5 Å². The van der Waals surface area contributed by atoms with Crippen LogP contribution in [0.5, 0.6) is 11.5 Å². The quantitative estimate of drug-likeness (QED) is 0.572. The number of hydrogen-bond acceptors (Lipinski definition) is 6. The summed E-state index contributed by atoms with van der Waals surface area (Å²) in [6, 6.07) is 13.1. The number of carbonyl (C=O) groups is 2. The van der Waals surface area contributed by atoms with Gasteiger partial charge in [-0.1, -0.05) is 6.07 Å². The van der Waals surface area contributed by atoms with Gasteiger partial charge in [0, 0.05) is 18.7 Å². The van der Waals surface area contributed by atoms with Crippen molar-refractivity contribution in [3.63, 3.8) is 0 Å². The van der Waals surface area contributed by atoms with Crippen molar-refractivity contribution in [3.05, 3.63) is 59.7 Å². The summed E-state index contributed by atoms with van der Waals surface area (Å²) in [7, 11) is 0. The van der Waals surface area contributed by atoms with E-state index in [1.165, 1.54) is 12.1 Å². The van der Waals surface area contributed by atoms with Crippen molar-refractivity contribution in [1.82, 2.24) is 10.3 Å². The summed E-state index contributed by atoms with van der Waals surface area (Å²) in [6.07, 6.45) is 0. The third-order valence-electron chi connectivity index (χ3n) is 4.43. The first kappa shape index (κ1) is 20.3. The largest absolute Gasteiger partial charge is 0.508 e. The van der Waals surface area contributed by atoms with Crippen LogP contribution < -0.4 is 10.2 Å². The Morgan fingerprint density at radius 1 is 1.14 bits per heavy atom. The van der Waals surface area contributed by atoms with Gasteiger partial charge in [0.25, 0.3) is 11.8 Å². The number of rotatable bonds is 6. The molecule has 1 saturated heterocycles. The molecule has 8 nitrogen and oxygen atoms in total. The average Bonchev–Trinajstić information content (AvgIpc) is 2.76. The van der Waals surface area contributed by atoms with Crippen molar-refractivity contribution in [1.29, 1.82) is 0 Å². The molecule has 1 fully saturated rings. The summed E-state index contributed by atoms with van der Waals surface area (Å²) < 4.78 is 10.8. The number of phenolic OH excluding ortho intramolecular Hbond substituents is 1. The van der Waals surface area contributed by atoms with Crippen molar-refractivity contribution in [2.24, 2.45) is 5.10 Å². The van der Waals surface area contributed by atoms with E-state index in [-0.39, 0.29) is 18.3 Å². The summed E-state index contributed by atoms with van der Waals surface area (Å²) in [5.41, 5.74) is 4.18. The van der Waals surface area contributed by atoms with Crippen molar-refractivity contribution in [2.75, 3.05) is 32.9 Å². The predicted molar refractivity (Wildman–Crippen MR) is 107 cm³/mol. The van der Waals surface area contributed by atoms with Gasteiger partial charge in [-0.2, -0.15) is 5.10 Å². The number of nitrogens with one attached hydrogen (secondary N) is 1. The average molecular weight is 397 g/mol. The number of benzene rings is 2. The molecule has 0 bridgehead atoms. The second-order valence-corrected chi connectivity index (χ2v) is 6.49. The zero-order chi connectivity index (χ0) is 20.6. The molecule has 29 heavy (non-hydrogen) atoms. The summed E-state index contributed by atoms with van der Waals surface area (Å²) >= 11 is 0. The van der Waals surface area contributed by atoms with E-state index >= 15 is 0 Å². The lowest BCUT2D eigenvalue weighted by Crippen LogP contribution is -2.42. The topological polar surface area (TPSA) is 100 Å². The molecule has 2 aromatic carbocycles. The van der Waals surface area contributed by atoms with Crippen LogP contribution in [0.4, 0.5) is 0 Å². The van der Waals surface area contributed by atoms with Gasteiger partial charge in [-0.25, -0.2) is 5.43 Å². The number of aromatic hydroxyl groups is 1. The van der Waals surface area contributed by atoms with Gasteiger partial charge in [0.2, 0.25) is 0 Å². The van der Waals surface area contributed by atoms with Gasteiger partial charge in [0.15, 0.2) is 6.61 Å². The standard InChI is InChI=1S/C21H23N3O5/c1-15(22-23-21(27)17-3-2-4-18(25)13-17)16-5-7-19(8-6-16)29-14-20(26)24-9-11-28-12-10-24/h2-8,13,25H,9-12,14H2,1H3,(H,23,27)/b22-15-. The zero-order valence-electron chi connectivity index (χ0n) is 16.1. The van der Waals surface area contributed by atoms with Crippen LogP contribution in [0.2, 0.25) is 0 Å². The molecule has 2 amide bonds. The van der Waals surface area contributed by atoms with E-state index in [0.717, 1.165) is 5.56 Å². The highest BCUT2D eigenvalue weighted by molar-refractivity contribution is 6.01. The van der Waals surface area contributed by atoms with Crippen LogP contribution in [0.1, 0.15) is 22.8 Å². The van der Waals surface area contributed by atoms with Gasteiger partial charge in [0.05, 0.1) is 18.9 Å². The normalized spacial score (nSPS) is 14.4. The summed E-state index contributed by atoms with van der Waals surface area (Å²) in [6.45, 7) is 4.03. The van der Waals surface area contributed by atoms with E-state index in [9.17, 15) is 14.7 Å². The second-order valence-electron chi connectivity index (χ2n) is 6.49. The highest BCUT2D eigenvalue weighted by atomic mass is 16.5. The molecule has 1 heterocycles. The molecule has 2 aromatic rings. The first-order valence-corrected chi connectivity index (χ1v) is 9.25. The molecule has 0 unspecified atom stereocenters. The lowest BCUT2D eigenvalue weighted by atomic mass is 10.1. The van der Waals surface area contributed by atoms with Gasteiger partial charge in [-0.05, 0) is 55.0 Å². The second kappa shape index (κ2) is 9.70. The van der Waals surface area contributed by atoms with E-state index in [1.807, 2.05) is 0 Å². The minimum Gasteiger partial charge on any atom is -0.508 e. The van der Waals surface area contributed by atoms with Crippen molar-refractivity contribution >= 4 is 17.5 Å². The Morgan fingerprint density at radius 3 is 2.55 bits per heavy atom. The third-order valence-corrected chi connectivity index (χ3v) is 4.43. The number of hydrazone groups is 1. The van der Waals surface area contributed by atoms with Crippen LogP contribution in [-0.4, -0.2) is 60.4 Å². The van der Waals surface area contributed by atoms with Crippen LogP contribution in [0, 0.1) is 0 Å². The molecule has 1 aliphatic rings. The first-order valence-electron chi connectivity index (χ1n) is 9.25. The molecule has 0 atom stereocenters. The third kappa shape index (κ3) is 5.79. The Labute approximate surface area is 168 Å². The number of ether oxygens (including phenoxy) is 2. The molecule has 0 aromatic heterocycles. The van der Waals surface area contributed by atoms with Crippen LogP contribution in [-0.2, 0) is 9.53 Å². The van der Waals surface area contributed by atoms with Crippen LogP contribution in [0.25, 0.3) is 0 Å². The fraction of sp³-hybridized carbons (Fsp3) is 0.286. The smallest absolute Gasteiger partial charge is 0.271 e. The fourth-order valence-corrected chi connectivity index (χ4v) is 2.75. The maximum absolute atomic E-state index is 12.1. The lowest BCUT2D eigenvalue weighted by molar-refractivity contribution is -0.137. The summed E-state index contributed by atoms with van der Waals surface area (Å²) in [5.74, 6) is 0.111. The van der Waals surface area contributed by atoms with Gasteiger partial charge < -0.3 is 19.5 Å². The van der Waals surface area contributed by atoms with E-state index in [0.29, 0.717) is 43.3 Å². The molecule has 2 N–H and O–H groups in total. The van der Waals surface area contributed by atoms with Crippen LogP contribution in [0.15, 0.2) is 53.6 Å². The predicted octanol–water partition coefficient (Wildman–Crippen LogP) is 1.78. The summed E-state index contributed by atoms with van der Waals surface area (Å²) in [4.78, 5) is 25.9. The Hall–Kier alpha value is -3.39. The van der Waals surface area contributed by atoms with Gasteiger partial charge >= 0.3 is 0 Å². The minimum atomic E-state index is -0.415. The van der Waals surface area contributed by atoms with Crippen molar-refractivity contribution in [3.8, 4) is 11.5 Å². The maximum atomic E-state index is 12.1. The number of phenols is 1. The van der Waals surface area contributed by atoms with E-state index < -0.39 is 5.91 Å². The van der Waals surface area contributed by atoms with Crippen LogP contribution >= 0.6 is 0 Å². The fourth-order valence-electron chi connectivity index (χ4n) is 2.75. The molecule has 8 heteroatoms. The Morgan fingerprint density at radius 2 is 1.86 bits per heavy atom. The monoisotopic (exact) mass is 397 g/mol. The number of carbonyl (C=O) groups excluding carboxylic acids is 2. The van der Waals surface area contributed by atoms with Crippen molar-refractivity contribution < 1.29 is 24.2 Å². The molecule has 0 saturated carbocycles. The Bertz CT molecular complexity index is 889. The van der Waals surface area contributed by atoms with Gasteiger partial charge in [-0.3, -0.25) is 9.59 Å². The molecular weight excluding hydrogens is 374 g/mol. The van der Waals surface area contributed by atoms with Crippen molar-refractivity contribution in [2.45, 2.75) is 6.92 Å². The number of amides is 2.